The molecule has 2 rings (SSSR count). The molecule has 1 aliphatic heterocycles. The van der Waals surface area contributed by atoms with E-state index in [-0.39, 0.29) is 11.9 Å². The van der Waals surface area contributed by atoms with E-state index in [1.807, 2.05) is 6.92 Å². The van der Waals surface area contributed by atoms with Crippen molar-refractivity contribution in [3.05, 3.63) is 35.1 Å². The number of nitrogens with one attached hydrogen (secondary N) is 1. The standard InChI is InChI=1S/C14H18FN3/c1-11-9-12(15)3-4-13(11)14(10-16)18-7-2-5-17-6-8-18/h3-4,9,14,17H,2,5-8H2,1H3. The maximum Gasteiger partial charge on any atom is 0.124 e. The average molecular weight is 247 g/mol. The Morgan fingerprint density at radius 1 is 1.39 bits per heavy atom. The fourth-order valence-corrected chi connectivity index (χ4v) is 2.42. The first-order valence-corrected chi connectivity index (χ1v) is 6.33. The van der Waals surface area contributed by atoms with Gasteiger partial charge in [0.1, 0.15) is 11.9 Å². The molecule has 1 atom stereocenters. The lowest BCUT2D eigenvalue weighted by Crippen LogP contribution is -2.32. The van der Waals surface area contributed by atoms with Crippen LogP contribution in [0.5, 0.6) is 0 Å². The van der Waals surface area contributed by atoms with E-state index in [9.17, 15) is 9.65 Å². The largest absolute Gasteiger partial charge is 0.315 e. The Morgan fingerprint density at radius 3 is 2.94 bits per heavy atom. The number of nitrogens with zero attached hydrogens (tertiary/aromatic N) is 2. The number of hydrogen-bond acceptors (Lipinski definition) is 3. The lowest BCUT2D eigenvalue weighted by Gasteiger charge is -2.26. The highest BCUT2D eigenvalue weighted by molar-refractivity contribution is 5.33. The highest BCUT2D eigenvalue weighted by atomic mass is 19.1. The SMILES string of the molecule is Cc1cc(F)ccc1C(C#N)N1CCCNCC1. The van der Waals surface area contributed by atoms with Gasteiger partial charge in [0.2, 0.25) is 0 Å². The Bertz CT molecular complexity index is 445. The van der Waals surface area contributed by atoms with Gasteiger partial charge in [-0.15, -0.1) is 0 Å². The zero-order chi connectivity index (χ0) is 13.0. The molecule has 0 aromatic heterocycles. The van der Waals surface area contributed by atoms with Gasteiger partial charge in [-0.2, -0.15) is 5.26 Å². The second-order valence-electron chi connectivity index (χ2n) is 4.67. The Kier molecular flexibility index (Phi) is 4.29. The van der Waals surface area contributed by atoms with E-state index >= 15 is 0 Å². The lowest BCUT2D eigenvalue weighted by atomic mass is 10.0. The van der Waals surface area contributed by atoms with Crippen LogP contribution in [-0.4, -0.2) is 31.1 Å². The zero-order valence-corrected chi connectivity index (χ0v) is 10.6. The summed E-state index contributed by atoms with van der Waals surface area (Å²) in [5, 5.41) is 12.7. The van der Waals surface area contributed by atoms with Crippen molar-refractivity contribution in [3.8, 4) is 6.07 Å². The molecule has 1 saturated heterocycles. The van der Waals surface area contributed by atoms with E-state index < -0.39 is 0 Å². The summed E-state index contributed by atoms with van der Waals surface area (Å²) in [6.45, 7) is 5.52. The van der Waals surface area contributed by atoms with E-state index in [4.69, 9.17) is 0 Å². The van der Waals surface area contributed by atoms with Crippen LogP contribution >= 0.6 is 0 Å². The van der Waals surface area contributed by atoms with Gasteiger partial charge in [-0.25, -0.2) is 4.39 Å². The predicted octanol–water partition coefficient (Wildman–Crippen LogP) is 1.99. The Balaban J connectivity index is 2.24. The second-order valence-corrected chi connectivity index (χ2v) is 4.67. The minimum Gasteiger partial charge on any atom is -0.315 e. The first-order chi connectivity index (χ1) is 8.72. The van der Waals surface area contributed by atoms with E-state index in [0.717, 1.165) is 43.7 Å². The molecule has 0 amide bonds. The van der Waals surface area contributed by atoms with Crippen LogP contribution in [0.25, 0.3) is 0 Å². The molecular weight excluding hydrogens is 229 g/mol. The molecule has 1 heterocycles. The molecule has 3 nitrogen and oxygen atoms in total. The first-order valence-electron chi connectivity index (χ1n) is 6.33. The maximum atomic E-state index is 13.1. The molecule has 1 aromatic carbocycles. The molecule has 0 radical (unpaired) electrons. The number of rotatable bonds is 2. The third-order valence-electron chi connectivity index (χ3n) is 3.39. The molecule has 0 spiro atoms. The average Bonchev–Trinajstić information content (AvgIpc) is 2.62. The molecule has 96 valence electrons. The van der Waals surface area contributed by atoms with Crippen molar-refractivity contribution < 1.29 is 4.39 Å². The van der Waals surface area contributed by atoms with Crippen LogP contribution in [0, 0.1) is 24.1 Å². The molecule has 1 N–H and O–H groups in total. The molecule has 0 saturated carbocycles. The minimum atomic E-state index is -0.273. The van der Waals surface area contributed by atoms with Crippen molar-refractivity contribution in [1.29, 1.82) is 5.26 Å². The Labute approximate surface area is 107 Å². The molecule has 1 fully saturated rings. The number of hydrogen-bond donors (Lipinski definition) is 1. The van der Waals surface area contributed by atoms with Gasteiger partial charge in [-0.1, -0.05) is 6.07 Å². The third kappa shape index (κ3) is 2.87. The number of nitriles is 1. The van der Waals surface area contributed by atoms with Crippen molar-refractivity contribution in [2.24, 2.45) is 0 Å². The zero-order valence-electron chi connectivity index (χ0n) is 10.6. The van der Waals surface area contributed by atoms with Gasteiger partial charge < -0.3 is 5.32 Å². The van der Waals surface area contributed by atoms with Crippen LogP contribution < -0.4 is 5.32 Å². The molecule has 4 heteroatoms. The summed E-state index contributed by atoms with van der Waals surface area (Å²) in [6.07, 6.45) is 1.04. The van der Waals surface area contributed by atoms with Gasteiger partial charge in [-0.3, -0.25) is 4.90 Å². The van der Waals surface area contributed by atoms with Crippen molar-refractivity contribution >= 4 is 0 Å². The molecule has 1 aromatic rings. The van der Waals surface area contributed by atoms with Gasteiger partial charge in [-0.05, 0) is 43.1 Å². The monoisotopic (exact) mass is 247 g/mol. The topological polar surface area (TPSA) is 39.1 Å². The highest BCUT2D eigenvalue weighted by Crippen LogP contribution is 2.24. The fraction of sp³-hybridized carbons (Fsp3) is 0.500. The Hall–Kier alpha value is -1.44. The van der Waals surface area contributed by atoms with Crippen molar-refractivity contribution in [1.82, 2.24) is 10.2 Å². The van der Waals surface area contributed by atoms with E-state index in [2.05, 4.69) is 16.3 Å². The summed E-state index contributed by atoms with van der Waals surface area (Å²) >= 11 is 0. The number of halogens is 1. The van der Waals surface area contributed by atoms with E-state index in [1.54, 1.807) is 6.07 Å². The molecule has 1 unspecified atom stereocenters. The van der Waals surface area contributed by atoms with E-state index in [0.29, 0.717) is 0 Å². The van der Waals surface area contributed by atoms with E-state index in [1.165, 1.54) is 12.1 Å². The third-order valence-corrected chi connectivity index (χ3v) is 3.39. The van der Waals surface area contributed by atoms with Crippen molar-refractivity contribution in [2.75, 3.05) is 26.2 Å². The quantitative estimate of drug-likeness (QED) is 0.868. The van der Waals surface area contributed by atoms with Crippen molar-refractivity contribution in [2.45, 2.75) is 19.4 Å². The lowest BCUT2D eigenvalue weighted by molar-refractivity contribution is 0.252. The minimum absolute atomic E-state index is 0.245. The summed E-state index contributed by atoms with van der Waals surface area (Å²) in [5.74, 6) is -0.245. The highest BCUT2D eigenvalue weighted by Gasteiger charge is 2.22. The normalized spacial score (nSPS) is 18.9. The smallest absolute Gasteiger partial charge is 0.124 e. The van der Waals surface area contributed by atoms with Crippen LogP contribution in [0.1, 0.15) is 23.6 Å². The summed E-state index contributed by atoms with van der Waals surface area (Å²) in [6, 6.07) is 6.74. The molecular formula is C14H18FN3. The Morgan fingerprint density at radius 2 is 2.22 bits per heavy atom. The first kappa shape index (κ1) is 13.0. The molecule has 18 heavy (non-hydrogen) atoms. The molecule has 0 aliphatic carbocycles. The number of benzene rings is 1. The predicted molar refractivity (Wildman–Crippen MR) is 68.6 cm³/mol. The summed E-state index contributed by atoms with van der Waals surface area (Å²) in [5.41, 5.74) is 1.76. The van der Waals surface area contributed by atoms with Crippen LogP contribution in [0.2, 0.25) is 0 Å². The van der Waals surface area contributed by atoms with Gasteiger partial charge >= 0.3 is 0 Å². The van der Waals surface area contributed by atoms with Gasteiger partial charge in [0, 0.05) is 19.6 Å². The van der Waals surface area contributed by atoms with Crippen LogP contribution in [0.4, 0.5) is 4.39 Å². The van der Waals surface area contributed by atoms with Crippen LogP contribution in [-0.2, 0) is 0 Å². The van der Waals surface area contributed by atoms with Gasteiger partial charge in [0.25, 0.3) is 0 Å². The van der Waals surface area contributed by atoms with Gasteiger partial charge in [0.15, 0.2) is 0 Å². The van der Waals surface area contributed by atoms with Crippen LogP contribution in [0.3, 0.4) is 0 Å². The van der Waals surface area contributed by atoms with Gasteiger partial charge in [0.05, 0.1) is 6.07 Å². The fourth-order valence-electron chi connectivity index (χ4n) is 2.42. The van der Waals surface area contributed by atoms with Crippen molar-refractivity contribution in [3.63, 3.8) is 0 Å². The summed E-state index contributed by atoms with van der Waals surface area (Å²) in [7, 11) is 0. The summed E-state index contributed by atoms with van der Waals surface area (Å²) < 4.78 is 13.1. The molecule has 1 aliphatic rings. The van der Waals surface area contributed by atoms with Crippen LogP contribution in [0.15, 0.2) is 18.2 Å². The number of aryl methyl sites for hydroxylation is 1. The maximum absolute atomic E-state index is 13.1. The molecule has 0 bridgehead atoms. The summed E-state index contributed by atoms with van der Waals surface area (Å²) in [4.78, 5) is 2.17. The second kappa shape index (κ2) is 5.94.